The van der Waals surface area contributed by atoms with Crippen LogP contribution >= 0.6 is 0 Å². The van der Waals surface area contributed by atoms with Crippen molar-refractivity contribution in [1.29, 1.82) is 0 Å². The summed E-state index contributed by atoms with van der Waals surface area (Å²) in [7, 11) is 0. The molecule has 3 aromatic rings. The summed E-state index contributed by atoms with van der Waals surface area (Å²) in [5, 5.41) is 16.2. The Labute approximate surface area is 194 Å². The van der Waals surface area contributed by atoms with E-state index in [2.05, 4.69) is 61.6 Å². The van der Waals surface area contributed by atoms with Gasteiger partial charge in [0, 0.05) is 11.6 Å². The Balaban J connectivity index is 1.50. The molecule has 0 aliphatic carbocycles. The number of hydrogen-bond donors (Lipinski definition) is 2. The van der Waals surface area contributed by atoms with Crippen molar-refractivity contribution in [2.75, 3.05) is 6.54 Å². The van der Waals surface area contributed by atoms with E-state index in [1.165, 1.54) is 5.56 Å². The zero-order valence-corrected chi connectivity index (χ0v) is 19.4. The van der Waals surface area contributed by atoms with E-state index >= 15 is 0 Å². The molecule has 2 aliphatic heterocycles. The molecule has 2 heterocycles. The molecule has 2 aliphatic rings. The van der Waals surface area contributed by atoms with Gasteiger partial charge in [-0.2, -0.15) is 0 Å². The lowest BCUT2D eigenvalue weighted by Crippen LogP contribution is -2.47. The van der Waals surface area contributed by atoms with Crippen molar-refractivity contribution < 1.29 is 9.84 Å². The summed E-state index contributed by atoms with van der Waals surface area (Å²) < 4.78 is 6.09. The van der Waals surface area contributed by atoms with Crippen molar-refractivity contribution in [3.05, 3.63) is 100 Å². The van der Waals surface area contributed by atoms with Crippen molar-refractivity contribution >= 4 is 0 Å². The van der Waals surface area contributed by atoms with Crippen molar-refractivity contribution in [3.8, 4) is 5.75 Å². The van der Waals surface area contributed by atoms with Gasteiger partial charge in [-0.05, 0) is 50.9 Å². The first kappa shape index (κ1) is 21.8. The molecule has 3 aromatic carbocycles. The average Bonchev–Trinajstić information content (AvgIpc) is 2.81. The summed E-state index contributed by atoms with van der Waals surface area (Å²) in [5.41, 5.74) is 3.00. The van der Waals surface area contributed by atoms with E-state index < -0.39 is 6.10 Å². The summed E-state index contributed by atoms with van der Waals surface area (Å²) >= 11 is 0. The maximum absolute atomic E-state index is 11.0. The lowest BCUT2D eigenvalue weighted by Gasteiger charge is -2.36. The Morgan fingerprint density at radius 1 is 0.970 bits per heavy atom. The first-order valence-electron chi connectivity index (χ1n) is 11.7. The number of fused-ring (bicyclic) bond motifs is 2. The fraction of sp³-hybridized carbons (Fsp3) is 0.357. The van der Waals surface area contributed by atoms with E-state index in [9.17, 15) is 5.11 Å². The average molecular weight is 442 g/mol. The molecule has 2 N–H and O–H groups in total. The zero-order chi connectivity index (χ0) is 23.0. The summed E-state index contributed by atoms with van der Waals surface area (Å²) in [5.74, 6) is 0.775. The van der Waals surface area contributed by atoms with Crippen LogP contribution < -0.4 is 20.8 Å². The largest absolute Gasteiger partial charge is 0.488 e. The minimum Gasteiger partial charge on any atom is -0.488 e. The van der Waals surface area contributed by atoms with E-state index in [4.69, 9.17) is 14.7 Å². The van der Waals surface area contributed by atoms with Crippen LogP contribution in [0.15, 0.2) is 82.8 Å². The van der Waals surface area contributed by atoms with Crippen molar-refractivity contribution in [2.45, 2.75) is 57.0 Å². The number of benzene rings is 3. The van der Waals surface area contributed by atoms with Gasteiger partial charge >= 0.3 is 0 Å². The summed E-state index contributed by atoms with van der Waals surface area (Å²) in [6.07, 6.45) is -0.0626. The molecule has 5 heteroatoms. The summed E-state index contributed by atoms with van der Waals surface area (Å²) in [6, 6.07) is 24.5. The molecule has 0 saturated heterocycles. The number of hydrogen-bond acceptors (Lipinski definition) is 5. The second-order valence-electron chi connectivity index (χ2n) is 9.57. The molecule has 0 fully saturated rings. The van der Waals surface area contributed by atoms with E-state index in [1.54, 1.807) is 0 Å². The maximum atomic E-state index is 11.0. The predicted molar refractivity (Wildman–Crippen MR) is 129 cm³/mol. The standard InChI is InChI=1S/C28H31N3O2/c1-18-26(32)25(29-15-14-19-10-6-4-7-11-19)21-16-22-23(17-24(21)33-18)31-28(2,3)27(30-22)20-12-8-5-9-13-20/h4-13,16-18,25-27,29,32H,14-15H2,1-3H3. The lowest BCUT2D eigenvalue weighted by molar-refractivity contribution is 0.00252. The van der Waals surface area contributed by atoms with Crippen LogP contribution in [0.1, 0.15) is 49.5 Å². The third-order valence-electron chi connectivity index (χ3n) is 6.66. The molecule has 33 heavy (non-hydrogen) atoms. The van der Waals surface area contributed by atoms with Gasteiger partial charge in [0.15, 0.2) is 0 Å². The third-order valence-corrected chi connectivity index (χ3v) is 6.66. The SMILES string of the molecule is CC1Oc2cc3c(cc2C(NCCc2ccccc2)C1O)=NC(c1ccccc1)C(C)(C)N=3. The molecule has 5 rings (SSSR count). The van der Waals surface area contributed by atoms with E-state index in [0.717, 1.165) is 40.6 Å². The first-order valence-corrected chi connectivity index (χ1v) is 11.7. The third kappa shape index (κ3) is 4.31. The van der Waals surface area contributed by atoms with E-state index in [0.29, 0.717) is 0 Å². The van der Waals surface area contributed by atoms with Crippen LogP contribution in [0.5, 0.6) is 5.75 Å². The van der Waals surface area contributed by atoms with Gasteiger partial charge < -0.3 is 15.2 Å². The van der Waals surface area contributed by atoms with Gasteiger partial charge in [0.25, 0.3) is 0 Å². The normalized spacial score (nSPS) is 25.1. The van der Waals surface area contributed by atoms with E-state index in [1.807, 2.05) is 37.3 Å². The number of nitrogens with one attached hydrogen (secondary N) is 1. The van der Waals surface area contributed by atoms with Gasteiger partial charge in [-0.3, -0.25) is 9.98 Å². The molecular weight excluding hydrogens is 410 g/mol. The van der Waals surface area contributed by atoms with Gasteiger partial charge in [0.2, 0.25) is 0 Å². The number of nitrogens with zero attached hydrogens (tertiary/aromatic N) is 2. The number of ether oxygens (including phenoxy) is 1. The van der Waals surface area contributed by atoms with Gasteiger partial charge in [-0.15, -0.1) is 0 Å². The van der Waals surface area contributed by atoms with Crippen LogP contribution in [-0.2, 0) is 6.42 Å². The topological polar surface area (TPSA) is 66.2 Å². The highest BCUT2D eigenvalue weighted by molar-refractivity contribution is 5.40. The highest BCUT2D eigenvalue weighted by atomic mass is 16.5. The van der Waals surface area contributed by atoms with Gasteiger partial charge in [0.05, 0.1) is 22.3 Å². The van der Waals surface area contributed by atoms with Crippen molar-refractivity contribution in [1.82, 2.24) is 5.32 Å². The van der Waals surface area contributed by atoms with Gasteiger partial charge in [0.1, 0.15) is 24.0 Å². The smallest absolute Gasteiger partial charge is 0.127 e. The molecule has 0 spiro atoms. The van der Waals surface area contributed by atoms with Crippen molar-refractivity contribution in [2.24, 2.45) is 9.98 Å². The lowest BCUT2D eigenvalue weighted by atomic mass is 9.88. The molecule has 0 saturated carbocycles. The van der Waals surface area contributed by atoms with E-state index in [-0.39, 0.29) is 23.7 Å². The molecule has 4 atom stereocenters. The molecule has 5 nitrogen and oxygen atoms in total. The Bertz CT molecular complexity index is 1240. The van der Waals surface area contributed by atoms with Crippen LogP contribution in [0, 0.1) is 0 Å². The van der Waals surface area contributed by atoms with Crippen LogP contribution in [0.2, 0.25) is 0 Å². The molecule has 170 valence electrons. The number of rotatable bonds is 5. The maximum Gasteiger partial charge on any atom is 0.127 e. The minimum atomic E-state index is -0.645. The Morgan fingerprint density at radius 3 is 2.39 bits per heavy atom. The van der Waals surface area contributed by atoms with Gasteiger partial charge in [-0.25, -0.2) is 0 Å². The van der Waals surface area contributed by atoms with Gasteiger partial charge in [-0.1, -0.05) is 60.7 Å². The van der Waals surface area contributed by atoms with Crippen LogP contribution in [0.4, 0.5) is 0 Å². The van der Waals surface area contributed by atoms with Crippen LogP contribution in [0.3, 0.4) is 0 Å². The second-order valence-corrected chi connectivity index (χ2v) is 9.57. The van der Waals surface area contributed by atoms with Crippen molar-refractivity contribution in [3.63, 3.8) is 0 Å². The quantitative estimate of drug-likeness (QED) is 0.637. The zero-order valence-electron chi connectivity index (χ0n) is 19.4. The Kier molecular flexibility index (Phi) is 5.77. The first-order chi connectivity index (χ1) is 15.9. The molecule has 0 radical (unpaired) electrons. The molecule has 0 amide bonds. The summed E-state index contributed by atoms with van der Waals surface area (Å²) in [6.45, 7) is 6.92. The Morgan fingerprint density at radius 2 is 1.67 bits per heavy atom. The number of aliphatic hydroxyl groups is 1. The fourth-order valence-electron chi connectivity index (χ4n) is 4.87. The van der Waals surface area contributed by atoms with Crippen LogP contribution in [-0.4, -0.2) is 29.4 Å². The number of aliphatic hydroxyl groups excluding tert-OH is 1. The minimum absolute atomic E-state index is 0.0675. The monoisotopic (exact) mass is 441 g/mol. The molecule has 0 bridgehead atoms. The molecular formula is C28H31N3O2. The van der Waals surface area contributed by atoms with Crippen LogP contribution in [0.25, 0.3) is 0 Å². The molecule has 4 unspecified atom stereocenters. The second kappa shape index (κ2) is 8.73. The highest BCUT2D eigenvalue weighted by Gasteiger charge is 2.36. The fourth-order valence-corrected chi connectivity index (χ4v) is 4.87. The Hall–Kier alpha value is -3.02. The highest BCUT2D eigenvalue weighted by Crippen LogP contribution is 2.36. The predicted octanol–water partition coefficient (Wildman–Crippen LogP) is 3.47. The summed E-state index contributed by atoms with van der Waals surface area (Å²) in [4.78, 5) is 10.2. The molecule has 0 aromatic heterocycles.